The summed E-state index contributed by atoms with van der Waals surface area (Å²) in [6, 6.07) is 9.06. The van der Waals surface area contributed by atoms with E-state index in [1.54, 1.807) is 12.1 Å². The van der Waals surface area contributed by atoms with Gasteiger partial charge in [0.25, 0.3) is 0 Å². The van der Waals surface area contributed by atoms with E-state index in [-0.39, 0.29) is 12.5 Å². The van der Waals surface area contributed by atoms with Gasteiger partial charge < -0.3 is 19.7 Å². The van der Waals surface area contributed by atoms with E-state index in [2.05, 4.69) is 5.32 Å². The second-order valence-electron chi connectivity index (χ2n) is 3.78. The summed E-state index contributed by atoms with van der Waals surface area (Å²) in [5, 5.41) is 4.57. The van der Waals surface area contributed by atoms with Crippen molar-refractivity contribution in [3.63, 3.8) is 0 Å². The number of amides is 1. The molecule has 2 N–H and O–H groups in total. The molecule has 0 radical (unpaired) electrons. The molecule has 6 nitrogen and oxygen atoms in total. The molecule has 0 spiro atoms. The Balaban J connectivity index is 2.13. The van der Waals surface area contributed by atoms with E-state index in [9.17, 15) is 19.1 Å². The van der Waals surface area contributed by atoms with E-state index in [0.29, 0.717) is 19.3 Å². The van der Waals surface area contributed by atoms with Crippen LogP contribution in [0.1, 0.15) is 19.3 Å². The van der Waals surface area contributed by atoms with Crippen LogP contribution in [0.5, 0.6) is 0 Å². The van der Waals surface area contributed by atoms with Gasteiger partial charge in [0.15, 0.2) is 0 Å². The van der Waals surface area contributed by atoms with Crippen LogP contribution in [0.4, 0.5) is 5.69 Å². The van der Waals surface area contributed by atoms with Crippen LogP contribution in [0.15, 0.2) is 30.3 Å². The molecule has 0 heterocycles. The van der Waals surface area contributed by atoms with Crippen molar-refractivity contribution < 1.29 is 19.1 Å². The number of rotatable bonds is 7. The fraction of sp³-hybridized carbons (Fsp3) is 0.364. The van der Waals surface area contributed by atoms with Gasteiger partial charge in [0.1, 0.15) is 0 Å². The summed E-state index contributed by atoms with van der Waals surface area (Å²) in [5.41, 5.74) is 0.726. The number of hydrogen-bond acceptors (Lipinski definition) is 4. The molecule has 0 saturated heterocycles. The number of unbranched alkanes of at least 4 members (excludes halogenated alkanes) is 1. The van der Waals surface area contributed by atoms with Gasteiger partial charge in [-0.3, -0.25) is 9.88 Å². The van der Waals surface area contributed by atoms with Crippen LogP contribution in [-0.2, 0) is 9.36 Å². The Hall–Kier alpha value is -1.20. The Bertz CT molecular complexity index is 418. The summed E-state index contributed by atoms with van der Waals surface area (Å²) in [4.78, 5) is 32.0. The normalized spacial score (nSPS) is 11.2. The fourth-order valence-corrected chi connectivity index (χ4v) is 1.80. The lowest BCUT2D eigenvalue weighted by Gasteiger charge is -2.30. The summed E-state index contributed by atoms with van der Waals surface area (Å²) in [6.07, 6.45) is 1.26. The standard InChI is InChI=1S/C11H17N2O4P/c14-11(13-10-6-2-1-3-7-10)8-4-5-9-12-18(15,16)17/h1-3,6-7H,4-5,8-9H2,(H,13,14)(H3,12,15,16,17)/p-2. The fourth-order valence-electron chi connectivity index (χ4n) is 1.37. The van der Waals surface area contributed by atoms with Gasteiger partial charge in [0.05, 0.1) is 0 Å². The maximum absolute atomic E-state index is 11.5. The SMILES string of the molecule is O=C(CCCCNP(=O)([O-])[O-])Nc1ccccc1. The van der Waals surface area contributed by atoms with Crippen LogP contribution < -0.4 is 20.2 Å². The van der Waals surface area contributed by atoms with E-state index in [1.165, 1.54) is 0 Å². The summed E-state index contributed by atoms with van der Waals surface area (Å²) >= 11 is 0. The molecule has 1 aromatic rings. The molecule has 1 aromatic carbocycles. The van der Waals surface area contributed by atoms with Crippen molar-refractivity contribution in [2.24, 2.45) is 0 Å². The van der Waals surface area contributed by atoms with E-state index in [4.69, 9.17) is 0 Å². The zero-order valence-corrected chi connectivity index (χ0v) is 10.7. The second kappa shape index (κ2) is 7.28. The van der Waals surface area contributed by atoms with Crippen LogP contribution >= 0.6 is 7.75 Å². The van der Waals surface area contributed by atoms with Gasteiger partial charge in [0.2, 0.25) is 5.91 Å². The minimum Gasteiger partial charge on any atom is -0.799 e. The molecule has 0 atom stereocenters. The van der Waals surface area contributed by atoms with Crippen molar-refractivity contribution in [3.8, 4) is 0 Å². The monoisotopic (exact) mass is 270 g/mol. The molecule has 0 unspecified atom stereocenters. The van der Waals surface area contributed by atoms with Gasteiger partial charge in [-0.1, -0.05) is 18.2 Å². The summed E-state index contributed by atoms with van der Waals surface area (Å²) in [5.74, 6) is -0.131. The molecule has 1 rings (SSSR count). The quantitative estimate of drug-likeness (QED) is 0.544. The van der Waals surface area contributed by atoms with Crippen molar-refractivity contribution in [1.82, 2.24) is 5.09 Å². The smallest absolute Gasteiger partial charge is 0.224 e. The predicted octanol–water partition coefficient (Wildman–Crippen LogP) is 0.214. The van der Waals surface area contributed by atoms with Crippen LogP contribution in [0, 0.1) is 0 Å². The first-order valence-electron chi connectivity index (χ1n) is 5.59. The number of hydrogen-bond donors (Lipinski definition) is 2. The first-order chi connectivity index (χ1) is 8.47. The van der Waals surface area contributed by atoms with E-state index in [0.717, 1.165) is 5.69 Å². The summed E-state index contributed by atoms with van der Waals surface area (Å²) in [6.45, 7) is 0.0723. The largest absolute Gasteiger partial charge is 0.799 e. The molecule has 0 fully saturated rings. The number of para-hydroxylation sites is 1. The molecule has 0 bridgehead atoms. The Labute approximate surface area is 106 Å². The molecule has 0 aliphatic heterocycles. The van der Waals surface area contributed by atoms with Crippen LogP contribution in [0.25, 0.3) is 0 Å². The molecule has 0 saturated carbocycles. The first kappa shape index (κ1) is 14.9. The summed E-state index contributed by atoms with van der Waals surface area (Å²) < 4.78 is 10.3. The number of benzene rings is 1. The van der Waals surface area contributed by atoms with Gasteiger partial charge in [-0.25, -0.2) is 0 Å². The molecule has 7 heteroatoms. The molecular weight excluding hydrogens is 255 g/mol. The maximum Gasteiger partial charge on any atom is 0.224 e. The molecule has 1 amide bonds. The highest BCUT2D eigenvalue weighted by atomic mass is 31.2. The van der Waals surface area contributed by atoms with Crippen LogP contribution in [0.3, 0.4) is 0 Å². The zero-order valence-electron chi connectivity index (χ0n) is 9.80. The molecule has 0 aliphatic rings. The second-order valence-corrected chi connectivity index (χ2v) is 5.09. The summed E-state index contributed by atoms with van der Waals surface area (Å²) in [7, 11) is -4.63. The molecule has 0 aliphatic carbocycles. The number of anilines is 1. The third kappa shape index (κ3) is 7.19. The van der Waals surface area contributed by atoms with Gasteiger partial charge in [-0.05, 0) is 39.3 Å². The van der Waals surface area contributed by atoms with Crippen molar-refractivity contribution in [2.75, 3.05) is 11.9 Å². The lowest BCUT2D eigenvalue weighted by Crippen LogP contribution is -2.28. The molecular formula is C11H15N2O4P-2. The highest BCUT2D eigenvalue weighted by molar-refractivity contribution is 7.46. The third-order valence-electron chi connectivity index (χ3n) is 2.19. The molecule has 100 valence electrons. The van der Waals surface area contributed by atoms with E-state index >= 15 is 0 Å². The minimum absolute atomic E-state index is 0.0723. The zero-order chi connectivity index (χ0) is 13.4. The number of nitrogens with one attached hydrogen (secondary N) is 2. The van der Waals surface area contributed by atoms with Crippen LogP contribution in [0.2, 0.25) is 0 Å². The van der Waals surface area contributed by atoms with Crippen molar-refractivity contribution in [3.05, 3.63) is 30.3 Å². The molecule has 0 aromatic heterocycles. The van der Waals surface area contributed by atoms with Crippen molar-refractivity contribution in [1.29, 1.82) is 0 Å². The molecule has 18 heavy (non-hydrogen) atoms. The average molecular weight is 270 g/mol. The van der Waals surface area contributed by atoms with Crippen molar-refractivity contribution >= 4 is 19.3 Å². The average Bonchev–Trinajstić information content (AvgIpc) is 2.28. The number of carbonyl (C=O) groups excluding carboxylic acids is 1. The highest BCUT2D eigenvalue weighted by Gasteiger charge is 2.01. The van der Waals surface area contributed by atoms with E-state index in [1.807, 2.05) is 23.3 Å². The highest BCUT2D eigenvalue weighted by Crippen LogP contribution is 2.15. The van der Waals surface area contributed by atoms with Gasteiger partial charge in [-0.2, -0.15) is 0 Å². The number of carbonyl (C=O) groups is 1. The minimum atomic E-state index is -4.63. The third-order valence-corrected chi connectivity index (χ3v) is 2.80. The topological polar surface area (TPSA) is 104 Å². The Morgan fingerprint density at radius 1 is 1.17 bits per heavy atom. The lowest BCUT2D eigenvalue weighted by atomic mass is 10.2. The van der Waals surface area contributed by atoms with Gasteiger partial charge in [-0.15, -0.1) is 0 Å². The lowest BCUT2D eigenvalue weighted by molar-refractivity contribution is -0.317. The van der Waals surface area contributed by atoms with Gasteiger partial charge in [0, 0.05) is 12.1 Å². The van der Waals surface area contributed by atoms with Crippen molar-refractivity contribution in [2.45, 2.75) is 19.3 Å². The van der Waals surface area contributed by atoms with E-state index < -0.39 is 7.75 Å². The first-order valence-corrected chi connectivity index (χ1v) is 7.14. The Morgan fingerprint density at radius 2 is 1.83 bits per heavy atom. The predicted molar refractivity (Wildman–Crippen MR) is 64.5 cm³/mol. The Morgan fingerprint density at radius 3 is 2.44 bits per heavy atom. The maximum atomic E-state index is 11.5. The van der Waals surface area contributed by atoms with Crippen LogP contribution in [-0.4, -0.2) is 12.5 Å². The Kier molecular flexibility index (Phi) is 6.01. The van der Waals surface area contributed by atoms with Gasteiger partial charge >= 0.3 is 0 Å².